The molecule has 0 radical (unpaired) electrons. The van der Waals surface area contributed by atoms with Crippen LogP contribution in [0.5, 0.6) is 0 Å². The molecule has 0 saturated carbocycles. The normalized spacial score (nSPS) is 10.8. The first-order valence-electron chi connectivity index (χ1n) is 3.88. The number of carbonyl (C=O) groups is 1. The van der Waals surface area contributed by atoms with E-state index in [-0.39, 0.29) is 0 Å². The van der Waals surface area contributed by atoms with Gasteiger partial charge in [0.25, 0.3) is 0 Å². The average Bonchev–Trinajstić information content (AvgIpc) is 2.13. The SMILES string of the molecule is Cc1c(Cl)ccc(/C=C/C(=O)O)c1Br. The third-order valence-corrected chi connectivity index (χ3v) is 3.22. The molecule has 0 spiro atoms. The number of rotatable bonds is 2. The number of carboxylic acids is 1. The fourth-order valence-corrected chi connectivity index (χ4v) is 1.72. The van der Waals surface area contributed by atoms with Gasteiger partial charge < -0.3 is 5.11 Å². The first-order chi connectivity index (χ1) is 6.52. The summed E-state index contributed by atoms with van der Waals surface area (Å²) in [7, 11) is 0. The molecule has 74 valence electrons. The Bertz CT molecular complexity index is 399. The van der Waals surface area contributed by atoms with Gasteiger partial charge in [-0.1, -0.05) is 17.7 Å². The van der Waals surface area contributed by atoms with Crippen molar-refractivity contribution in [2.75, 3.05) is 0 Å². The molecule has 0 aromatic heterocycles. The van der Waals surface area contributed by atoms with Crippen LogP contribution in [0, 0.1) is 6.92 Å². The van der Waals surface area contributed by atoms with E-state index in [4.69, 9.17) is 16.7 Å². The first-order valence-corrected chi connectivity index (χ1v) is 5.05. The second-order valence-corrected chi connectivity index (χ2v) is 3.95. The van der Waals surface area contributed by atoms with Crippen molar-refractivity contribution in [3.63, 3.8) is 0 Å². The lowest BCUT2D eigenvalue weighted by molar-refractivity contribution is -0.131. The van der Waals surface area contributed by atoms with Crippen molar-refractivity contribution >= 4 is 39.6 Å². The van der Waals surface area contributed by atoms with Gasteiger partial charge in [-0.2, -0.15) is 0 Å². The maximum atomic E-state index is 10.3. The zero-order chi connectivity index (χ0) is 10.7. The van der Waals surface area contributed by atoms with Crippen LogP contribution in [0.15, 0.2) is 22.7 Å². The highest BCUT2D eigenvalue weighted by Crippen LogP contribution is 2.28. The fourth-order valence-electron chi connectivity index (χ4n) is 0.972. The number of halogens is 2. The molecule has 14 heavy (non-hydrogen) atoms. The Kier molecular flexibility index (Phi) is 3.72. The van der Waals surface area contributed by atoms with E-state index >= 15 is 0 Å². The van der Waals surface area contributed by atoms with Gasteiger partial charge in [0.05, 0.1) is 0 Å². The molecule has 0 amide bonds. The highest BCUT2D eigenvalue weighted by atomic mass is 79.9. The summed E-state index contributed by atoms with van der Waals surface area (Å²) in [6, 6.07) is 3.50. The second-order valence-electron chi connectivity index (χ2n) is 2.75. The zero-order valence-corrected chi connectivity index (χ0v) is 9.76. The van der Waals surface area contributed by atoms with Crippen molar-refractivity contribution < 1.29 is 9.90 Å². The average molecular weight is 276 g/mol. The Hall–Kier alpha value is -0.800. The largest absolute Gasteiger partial charge is 0.478 e. The first kappa shape index (κ1) is 11.3. The van der Waals surface area contributed by atoms with Crippen molar-refractivity contribution in [1.82, 2.24) is 0 Å². The van der Waals surface area contributed by atoms with Crippen molar-refractivity contribution in [2.24, 2.45) is 0 Å². The highest BCUT2D eigenvalue weighted by molar-refractivity contribution is 9.10. The summed E-state index contributed by atoms with van der Waals surface area (Å²) >= 11 is 9.23. The molecule has 0 bridgehead atoms. The lowest BCUT2D eigenvalue weighted by Crippen LogP contribution is -1.87. The fraction of sp³-hybridized carbons (Fsp3) is 0.100. The van der Waals surface area contributed by atoms with E-state index in [2.05, 4.69) is 15.9 Å². The van der Waals surface area contributed by atoms with Gasteiger partial charge in [0.1, 0.15) is 0 Å². The van der Waals surface area contributed by atoms with E-state index in [0.717, 1.165) is 21.7 Å². The van der Waals surface area contributed by atoms with Crippen LogP contribution in [0.1, 0.15) is 11.1 Å². The van der Waals surface area contributed by atoms with Crippen LogP contribution < -0.4 is 0 Å². The van der Waals surface area contributed by atoms with Crippen LogP contribution in [-0.4, -0.2) is 11.1 Å². The predicted octanol–water partition coefficient (Wildman–Crippen LogP) is 3.51. The maximum absolute atomic E-state index is 10.3. The van der Waals surface area contributed by atoms with Crippen LogP contribution in [0.2, 0.25) is 5.02 Å². The van der Waals surface area contributed by atoms with Crippen molar-refractivity contribution in [3.8, 4) is 0 Å². The molecule has 0 heterocycles. The Morgan fingerprint density at radius 3 is 2.79 bits per heavy atom. The Labute approximate surface area is 95.3 Å². The lowest BCUT2D eigenvalue weighted by atomic mass is 10.1. The second kappa shape index (κ2) is 4.62. The minimum absolute atomic E-state index is 0.657. The standard InChI is InChI=1S/C10H8BrClO2/c1-6-8(12)4-2-7(10(6)11)3-5-9(13)14/h2-5H,1H3,(H,13,14)/b5-3+. The van der Waals surface area contributed by atoms with Gasteiger partial charge in [-0.3, -0.25) is 0 Å². The van der Waals surface area contributed by atoms with Crippen LogP contribution in [0.4, 0.5) is 0 Å². The number of benzene rings is 1. The molecule has 0 aliphatic rings. The third kappa shape index (κ3) is 2.59. The summed E-state index contributed by atoms with van der Waals surface area (Å²) in [5.74, 6) is -0.968. The predicted molar refractivity (Wildman–Crippen MR) is 60.6 cm³/mol. The van der Waals surface area contributed by atoms with Gasteiger partial charge in [0, 0.05) is 15.6 Å². The molecular weight excluding hydrogens is 267 g/mol. The summed E-state index contributed by atoms with van der Waals surface area (Å²) in [6.07, 6.45) is 2.61. The lowest BCUT2D eigenvalue weighted by Gasteiger charge is -2.04. The summed E-state index contributed by atoms with van der Waals surface area (Å²) < 4.78 is 0.822. The summed E-state index contributed by atoms with van der Waals surface area (Å²) in [5.41, 5.74) is 1.70. The third-order valence-electron chi connectivity index (χ3n) is 1.76. The summed E-state index contributed by atoms with van der Waals surface area (Å²) in [5, 5.41) is 9.12. The van der Waals surface area contributed by atoms with Gasteiger partial charge in [0.2, 0.25) is 0 Å². The summed E-state index contributed by atoms with van der Waals surface area (Å²) in [4.78, 5) is 10.3. The number of carboxylic acid groups (broad SMARTS) is 1. The van der Waals surface area contributed by atoms with Gasteiger partial charge in [0.15, 0.2) is 0 Å². The van der Waals surface area contributed by atoms with E-state index in [0.29, 0.717) is 5.02 Å². The van der Waals surface area contributed by atoms with Crippen molar-refractivity contribution in [2.45, 2.75) is 6.92 Å². The number of aliphatic carboxylic acids is 1. The van der Waals surface area contributed by atoms with Crippen molar-refractivity contribution in [1.29, 1.82) is 0 Å². The molecule has 1 aromatic carbocycles. The molecule has 2 nitrogen and oxygen atoms in total. The molecule has 1 rings (SSSR count). The molecule has 1 N–H and O–H groups in total. The highest BCUT2D eigenvalue weighted by Gasteiger charge is 2.03. The van der Waals surface area contributed by atoms with E-state index in [1.807, 2.05) is 6.92 Å². The minimum Gasteiger partial charge on any atom is -0.478 e. The quantitative estimate of drug-likeness (QED) is 0.839. The Morgan fingerprint density at radius 1 is 1.57 bits per heavy atom. The number of hydrogen-bond acceptors (Lipinski definition) is 1. The van der Waals surface area contributed by atoms with Crippen LogP contribution in [-0.2, 0) is 4.79 Å². The molecule has 0 aliphatic heterocycles. The van der Waals surface area contributed by atoms with Crippen LogP contribution in [0.25, 0.3) is 6.08 Å². The monoisotopic (exact) mass is 274 g/mol. The minimum atomic E-state index is -0.968. The molecule has 1 aromatic rings. The van der Waals surface area contributed by atoms with Gasteiger partial charge >= 0.3 is 5.97 Å². The van der Waals surface area contributed by atoms with E-state index in [1.165, 1.54) is 6.08 Å². The van der Waals surface area contributed by atoms with E-state index in [1.54, 1.807) is 12.1 Å². The zero-order valence-electron chi connectivity index (χ0n) is 7.42. The number of hydrogen-bond donors (Lipinski definition) is 1. The van der Waals surface area contributed by atoms with Crippen LogP contribution in [0.3, 0.4) is 0 Å². The van der Waals surface area contributed by atoms with E-state index < -0.39 is 5.97 Å². The van der Waals surface area contributed by atoms with Gasteiger partial charge in [-0.15, -0.1) is 0 Å². The maximum Gasteiger partial charge on any atom is 0.328 e. The molecule has 0 atom stereocenters. The summed E-state index contributed by atoms with van der Waals surface area (Å²) in [6.45, 7) is 1.87. The molecule has 0 saturated heterocycles. The molecule has 0 aliphatic carbocycles. The molecule has 0 unspecified atom stereocenters. The smallest absolute Gasteiger partial charge is 0.328 e. The van der Waals surface area contributed by atoms with Crippen molar-refractivity contribution in [3.05, 3.63) is 38.8 Å². The molecular formula is C10H8BrClO2. The topological polar surface area (TPSA) is 37.3 Å². The molecule has 0 fully saturated rings. The van der Waals surface area contributed by atoms with Gasteiger partial charge in [-0.05, 0) is 46.1 Å². The van der Waals surface area contributed by atoms with E-state index in [9.17, 15) is 4.79 Å². The Balaban J connectivity index is 3.12. The Morgan fingerprint density at radius 2 is 2.21 bits per heavy atom. The molecule has 4 heteroatoms. The van der Waals surface area contributed by atoms with Crippen LogP contribution >= 0.6 is 27.5 Å². The van der Waals surface area contributed by atoms with Gasteiger partial charge in [-0.25, -0.2) is 4.79 Å².